The van der Waals surface area contributed by atoms with Crippen LogP contribution in [0.25, 0.3) is 0 Å². The molecule has 0 radical (unpaired) electrons. The molecule has 1 N–H and O–H groups in total. The van der Waals surface area contributed by atoms with Crippen molar-refractivity contribution in [3.05, 3.63) is 59.9 Å². The Morgan fingerprint density at radius 3 is 2.46 bits per heavy atom. The summed E-state index contributed by atoms with van der Waals surface area (Å²) in [5.74, 6) is -0.851. The van der Waals surface area contributed by atoms with Gasteiger partial charge in [-0.15, -0.1) is 0 Å². The van der Waals surface area contributed by atoms with Gasteiger partial charge in [-0.3, -0.25) is 4.79 Å². The fourth-order valence-corrected chi connectivity index (χ4v) is 4.66. The molecule has 6 nitrogen and oxygen atoms in total. The summed E-state index contributed by atoms with van der Waals surface area (Å²) in [5.41, 5.74) is 0.659. The first-order chi connectivity index (χ1) is 13.4. The molecule has 0 atom stereocenters. The molecule has 1 aliphatic heterocycles. The zero-order chi connectivity index (χ0) is 20.1. The lowest BCUT2D eigenvalue weighted by Crippen LogP contribution is -2.48. The van der Waals surface area contributed by atoms with Gasteiger partial charge in [0.1, 0.15) is 5.82 Å². The summed E-state index contributed by atoms with van der Waals surface area (Å²) in [6.07, 6.45) is -0.122. The van der Waals surface area contributed by atoms with E-state index >= 15 is 0 Å². The fraction of sp³-hybridized carbons (Fsp3) is 0.350. The first kappa shape index (κ1) is 20.4. The van der Waals surface area contributed by atoms with Crippen LogP contribution in [0, 0.1) is 5.82 Å². The molecule has 3 rings (SSSR count). The summed E-state index contributed by atoms with van der Waals surface area (Å²) in [7, 11) is -3.62. The molecule has 0 bridgehead atoms. The molecule has 0 saturated carbocycles. The number of hydrogen-bond acceptors (Lipinski definition) is 4. The highest BCUT2D eigenvalue weighted by atomic mass is 32.2. The molecular weight excluding hydrogens is 381 g/mol. The quantitative estimate of drug-likeness (QED) is 0.801. The Hall–Kier alpha value is -2.29. The molecule has 0 unspecified atom stereocenters. The van der Waals surface area contributed by atoms with E-state index in [4.69, 9.17) is 0 Å². The van der Waals surface area contributed by atoms with E-state index in [1.54, 1.807) is 30.3 Å². The maximum absolute atomic E-state index is 13.7. The lowest BCUT2D eigenvalue weighted by atomic mass is 10.1. The van der Waals surface area contributed by atoms with Crippen molar-refractivity contribution >= 4 is 21.6 Å². The Kier molecular flexibility index (Phi) is 6.43. The van der Waals surface area contributed by atoms with Crippen molar-refractivity contribution in [2.24, 2.45) is 0 Å². The first-order valence-corrected chi connectivity index (χ1v) is 10.7. The number of carbonyl (C=O) groups is 1. The molecule has 1 saturated heterocycles. The van der Waals surface area contributed by atoms with Crippen molar-refractivity contribution in [3.63, 3.8) is 0 Å². The van der Waals surface area contributed by atoms with Gasteiger partial charge in [0.25, 0.3) is 0 Å². The van der Waals surface area contributed by atoms with Gasteiger partial charge in [0.2, 0.25) is 15.9 Å². The van der Waals surface area contributed by atoms with E-state index in [9.17, 15) is 17.6 Å². The number of sulfonamides is 1. The number of benzene rings is 2. The topological polar surface area (TPSA) is 69.7 Å². The standard InChI is InChI=1S/C20H24FN3O3S/c1-2-23-10-12-24(13-11-23)28(26,27)18-8-5-7-17(15-18)22-20(25)14-16-6-3-4-9-19(16)21/h3-9,15H,2,10-14H2,1H3,(H,22,25). The van der Waals surface area contributed by atoms with Crippen LogP contribution >= 0.6 is 0 Å². The number of rotatable bonds is 6. The highest BCUT2D eigenvalue weighted by Crippen LogP contribution is 2.21. The number of nitrogens with zero attached hydrogens (tertiary/aromatic N) is 2. The van der Waals surface area contributed by atoms with Gasteiger partial charge in [-0.25, -0.2) is 12.8 Å². The van der Waals surface area contributed by atoms with Gasteiger partial charge < -0.3 is 10.2 Å². The SMILES string of the molecule is CCN1CCN(S(=O)(=O)c2cccc(NC(=O)Cc3ccccc3F)c2)CC1. The number of amides is 1. The van der Waals surface area contributed by atoms with E-state index in [1.807, 2.05) is 0 Å². The van der Waals surface area contributed by atoms with Gasteiger partial charge in [-0.2, -0.15) is 4.31 Å². The average Bonchev–Trinajstić information content (AvgIpc) is 2.70. The van der Waals surface area contributed by atoms with Gasteiger partial charge >= 0.3 is 0 Å². The summed E-state index contributed by atoms with van der Waals surface area (Å²) < 4.78 is 41.0. The Morgan fingerprint density at radius 1 is 1.07 bits per heavy atom. The van der Waals surface area contributed by atoms with Crippen LogP contribution in [0.5, 0.6) is 0 Å². The van der Waals surface area contributed by atoms with Gasteiger partial charge in [0.15, 0.2) is 0 Å². The van der Waals surface area contributed by atoms with Gasteiger partial charge in [-0.05, 0) is 36.4 Å². The first-order valence-electron chi connectivity index (χ1n) is 9.26. The smallest absolute Gasteiger partial charge is 0.243 e. The minimum atomic E-state index is -3.62. The minimum absolute atomic E-state index is 0.122. The summed E-state index contributed by atoms with van der Waals surface area (Å²) in [4.78, 5) is 14.6. The van der Waals surface area contributed by atoms with Crippen molar-refractivity contribution in [1.82, 2.24) is 9.21 Å². The maximum atomic E-state index is 13.7. The summed E-state index contributed by atoms with van der Waals surface area (Å²) in [5, 5.41) is 2.65. The van der Waals surface area contributed by atoms with E-state index < -0.39 is 21.7 Å². The number of anilines is 1. The fourth-order valence-electron chi connectivity index (χ4n) is 3.19. The number of hydrogen-bond donors (Lipinski definition) is 1. The molecule has 0 aliphatic carbocycles. The molecule has 0 spiro atoms. The number of nitrogens with one attached hydrogen (secondary N) is 1. The van der Waals surface area contributed by atoms with Crippen molar-refractivity contribution in [3.8, 4) is 0 Å². The van der Waals surface area contributed by atoms with E-state index in [0.29, 0.717) is 31.9 Å². The predicted molar refractivity (Wildman–Crippen MR) is 106 cm³/mol. The Balaban J connectivity index is 1.70. The van der Waals surface area contributed by atoms with Crippen molar-refractivity contribution < 1.29 is 17.6 Å². The van der Waals surface area contributed by atoms with E-state index in [0.717, 1.165) is 6.54 Å². The van der Waals surface area contributed by atoms with E-state index in [1.165, 1.54) is 22.5 Å². The van der Waals surface area contributed by atoms with Crippen molar-refractivity contribution in [1.29, 1.82) is 0 Å². The van der Waals surface area contributed by atoms with Crippen LogP contribution in [0.15, 0.2) is 53.4 Å². The molecule has 1 fully saturated rings. The van der Waals surface area contributed by atoms with Crippen LogP contribution in [0.1, 0.15) is 12.5 Å². The average molecular weight is 405 g/mol. The second-order valence-electron chi connectivity index (χ2n) is 6.68. The van der Waals surface area contributed by atoms with Crippen LogP contribution in [-0.2, 0) is 21.2 Å². The van der Waals surface area contributed by atoms with E-state index in [-0.39, 0.29) is 16.9 Å². The highest BCUT2D eigenvalue weighted by molar-refractivity contribution is 7.89. The molecule has 2 aromatic carbocycles. The molecule has 1 heterocycles. The summed E-state index contributed by atoms with van der Waals surface area (Å²) >= 11 is 0. The molecule has 1 amide bonds. The number of halogens is 1. The highest BCUT2D eigenvalue weighted by Gasteiger charge is 2.28. The Bertz CT molecular complexity index is 941. The second kappa shape index (κ2) is 8.81. The van der Waals surface area contributed by atoms with Crippen LogP contribution in [-0.4, -0.2) is 56.3 Å². The number of carbonyl (C=O) groups excluding carboxylic acids is 1. The van der Waals surface area contributed by atoms with E-state index in [2.05, 4.69) is 17.1 Å². The van der Waals surface area contributed by atoms with Gasteiger partial charge in [-0.1, -0.05) is 31.2 Å². The van der Waals surface area contributed by atoms with Crippen molar-refractivity contribution in [2.45, 2.75) is 18.2 Å². The molecule has 2 aromatic rings. The van der Waals surface area contributed by atoms with Gasteiger partial charge in [0, 0.05) is 31.9 Å². The predicted octanol–water partition coefficient (Wildman–Crippen LogP) is 2.33. The Labute approximate surface area is 165 Å². The normalized spacial score (nSPS) is 16.1. The van der Waals surface area contributed by atoms with Crippen LogP contribution in [0.4, 0.5) is 10.1 Å². The molecule has 0 aromatic heterocycles. The largest absolute Gasteiger partial charge is 0.326 e. The molecule has 8 heteroatoms. The number of likely N-dealkylation sites (N-methyl/N-ethyl adjacent to an activating group) is 1. The Morgan fingerprint density at radius 2 is 1.79 bits per heavy atom. The molecule has 28 heavy (non-hydrogen) atoms. The van der Waals surface area contributed by atoms with Crippen LogP contribution < -0.4 is 5.32 Å². The summed E-state index contributed by atoms with van der Waals surface area (Å²) in [6.45, 7) is 5.25. The number of piperazine rings is 1. The second-order valence-corrected chi connectivity index (χ2v) is 8.62. The molecular formula is C20H24FN3O3S. The zero-order valence-electron chi connectivity index (χ0n) is 15.8. The lowest BCUT2D eigenvalue weighted by molar-refractivity contribution is -0.115. The zero-order valence-corrected chi connectivity index (χ0v) is 16.6. The summed E-state index contributed by atoms with van der Waals surface area (Å²) in [6, 6.07) is 12.2. The minimum Gasteiger partial charge on any atom is -0.326 e. The monoisotopic (exact) mass is 405 g/mol. The third-order valence-electron chi connectivity index (χ3n) is 4.84. The van der Waals surface area contributed by atoms with Crippen LogP contribution in [0.2, 0.25) is 0 Å². The van der Waals surface area contributed by atoms with Crippen LogP contribution in [0.3, 0.4) is 0 Å². The third kappa shape index (κ3) is 4.76. The third-order valence-corrected chi connectivity index (χ3v) is 6.74. The lowest BCUT2D eigenvalue weighted by Gasteiger charge is -2.33. The molecule has 150 valence electrons. The maximum Gasteiger partial charge on any atom is 0.243 e. The van der Waals surface area contributed by atoms with Gasteiger partial charge in [0.05, 0.1) is 11.3 Å². The molecule has 1 aliphatic rings. The van der Waals surface area contributed by atoms with Crippen molar-refractivity contribution in [2.75, 3.05) is 38.0 Å².